The maximum atomic E-state index is 10.9. The highest BCUT2D eigenvalue weighted by atomic mass is 32.2. The van der Waals surface area contributed by atoms with Crippen molar-refractivity contribution in [2.45, 2.75) is 23.8 Å². The standard InChI is InChI=1S/C13H18N2OS2/c14-13(16)9-18-12-4-2-1-3-11(12)15-10-5-7-17-8-6-10/h1-4,10,15H,5-9H2,(H2,14,16). The smallest absolute Gasteiger partial charge is 0.227 e. The third kappa shape index (κ3) is 4.14. The van der Waals surface area contributed by atoms with Gasteiger partial charge in [0.1, 0.15) is 0 Å². The molecule has 3 N–H and O–H groups in total. The Kier molecular flexibility index (Phi) is 5.26. The number of hydrogen-bond acceptors (Lipinski definition) is 4. The normalized spacial score (nSPS) is 16.4. The van der Waals surface area contributed by atoms with Gasteiger partial charge < -0.3 is 11.1 Å². The van der Waals surface area contributed by atoms with Crippen LogP contribution in [0.5, 0.6) is 0 Å². The molecule has 0 bridgehead atoms. The predicted molar refractivity (Wildman–Crippen MR) is 80.3 cm³/mol. The van der Waals surface area contributed by atoms with E-state index in [0.717, 1.165) is 10.6 Å². The molecule has 0 aromatic heterocycles. The number of hydrogen-bond donors (Lipinski definition) is 2. The van der Waals surface area contributed by atoms with E-state index in [9.17, 15) is 4.79 Å². The van der Waals surface area contributed by atoms with E-state index in [1.54, 1.807) is 0 Å². The third-order valence-electron chi connectivity index (χ3n) is 2.84. The number of anilines is 1. The average molecular weight is 282 g/mol. The van der Waals surface area contributed by atoms with Gasteiger partial charge in [-0.1, -0.05) is 12.1 Å². The molecule has 3 nitrogen and oxygen atoms in total. The fourth-order valence-corrected chi connectivity index (χ4v) is 3.78. The maximum Gasteiger partial charge on any atom is 0.227 e. The number of nitrogens with one attached hydrogen (secondary N) is 1. The van der Waals surface area contributed by atoms with Crippen LogP contribution in [-0.4, -0.2) is 29.2 Å². The monoisotopic (exact) mass is 282 g/mol. The molecule has 1 heterocycles. The fourth-order valence-electron chi connectivity index (χ4n) is 1.92. The maximum absolute atomic E-state index is 10.9. The summed E-state index contributed by atoms with van der Waals surface area (Å²) >= 11 is 3.52. The minimum Gasteiger partial charge on any atom is -0.381 e. The number of nitrogens with two attached hydrogens (primary N) is 1. The molecule has 18 heavy (non-hydrogen) atoms. The molecular formula is C13H18N2OS2. The summed E-state index contributed by atoms with van der Waals surface area (Å²) in [5.74, 6) is 2.52. The number of primary amides is 1. The van der Waals surface area contributed by atoms with Crippen LogP contribution in [0.3, 0.4) is 0 Å². The highest BCUT2D eigenvalue weighted by Gasteiger charge is 2.14. The second-order valence-electron chi connectivity index (χ2n) is 4.28. The summed E-state index contributed by atoms with van der Waals surface area (Å²) in [5, 5.41) is 3.59. The van der Waals surface area contributed by atoms with E-state index in [1.807, 2.05) is 30.0 Å². The van der Waals surface area contributed by atoms with Crippen LogP contribution >= 0.6 is 23.5 Å². The van der Waals surface area contributed by atoms with Crippen molar-refractivity contribution in [3.8, 4) is 0 Å². The number of carbonyl (C=O) groups excluding carboxylic acids is 1. The van der Waals surface area contributed by atoms with Crippen molar-refractivity contribution in [2.75, 3.05) is 22.6 Å². The Bertz CT molecular complexity index is 406. The Morgan fingerprint density at radius 3 is 2.83 bits per heavy atom. The minimum absolute atomic E-state index is 0.274. The molecule has 1 fully saturated rings. The first kappa shape index (κ1) is 13.6. The highest BCUT2D eigenvalue weighted by Crippen LogP contribution is 2.29. The quantitative estimate of drug-likeness (QED) is 0.815. The first-order valence-electron chi connectivity index (χ1n) is 6.10. The van der Waals surface area contributed by atoms with Crippen molar-refractivity contribution in [2.24, 2.45) is 5.73 Å². The van der Waals surface area contributed by atoms with E-state index in [-0.39, 0.29) is 5.91 Å². The average Bonchev–Trinajstić information content (AvgIpc) is 2.39. The minimum atomic E-state index is -0.274. The Labute approximate surface area is 116 Å². The molecule has 0 spiro atoms. The topological polar surface area (TPSA) is 55.1 Å². The molecule has 0 aliphatic carbocycles. The Balaban J connectivity index is 1.99. The second-order valence-corrected chi connectivity index (χ2v) is 6.52. The SMILES string of the molecule is NC(=O)CSc1ccccc1NC1CCSCC1. The summed E-state index contributed by atoms with van der Waals surface area (Å²) in [5.41, 5.74) is 6.32. The number of carbonyl (C=O) groups is 1. The van der Waals surface area contributed by atoms with Gasteiger partial charge in [0, 0.05) is 16.6 Å². The summed E-state index contributed by atoms with van der Waals surface area (Å²) in [6.45, 7) is 0. The van der Waals surface area contributed by atoms with Gasteiger partial charge in [-0.25, -0.2) is 0 Å². The summed E-state index contributed by atoms with van der Waals surface area (Å²) in [7, 11) is 0. The first-order valence-corrected chi connectivity index (χ1v) is 8.24. The molecule has 2 rings (SSSR count). The van der Waals surface area contributed by atoms with Gasteiger partial charge in [-0.2, -0.15) is 11.8 Å². The van der Waals surface area contributed by atoms with Crippen molar-refractivity contribution in [1.82, 2.24) is 0 Å². The first-order chi connectivity index (χ1) is 8.75. The molecule has 98 valence electrons. The van der Waals surface area contributed by atoms with Crippen molar-refractivity contribution < 1.29 is 4.79 Å². The molecule has 1 aromatic carbocycles. The Morgan fingerprint density at radius 1 is 1.39 bits per heavy atom. The van der Waals surface area contributed by atoms with E-state index < -0.39 is 0 Å². The van der Waals surface area contributed by atoms with Crippen LogP contribution in [-0.2, 0) is 4.79 Å². The van der Waals surface area contributed by atoms with Gasteiger partial charge in [0.2, 0.25) is 5.91 Å². The molecule has 0 radical (unpaired) electrons. The molecule has 1 amide bonds. The van der Waals surface area contributed by atoms with Crippen LogP contribution in [0.25, 0.3) is 0 Å². The lowest BCUT2D eigenvalue weighted by Gasteiger charge is -2.24. The number of amides is 1. The number of para-hydroxylation sites is 1. The van der Waals surface area contributed by atoms with Crippen LogP contribution in [0, 0.1) is 0 Å². The van der Waals surface area contributed by atoms with Crippen molar-refractivity contribution in [3.63, 3.8) is 0 Å². The van der Waals surface area contributed by atoms with Crippen LogP contribution in [0.2, 0.25) is 0 Å². The summed E-state index contributed by atoms with van der Waals surface area (Å²) in [6, 6.07) is 8.68. The lowest BCUT2D eigenvalue weighted by Crippen LogP contribution is -2.24. The molecule has 5 heteroatoms. The van der Waals surface area contributed by atoms with Gasteiger partial charge in [0.05, 0.1) is 5.75 Å². The zero-order valence-electron chi connectivity index (χ0n) is 10.2. The molecule has 0 atom stereocenters. The molecular weight excluding hydrogens is 264 g/mol. The molecule has 1 aliphatic rings. The van der Waals surface area contributed by atoms with Crippen molar-refractivity contribution >= 4 is 35.1 Å². The van der Waals surface area contributed by atoms with E-state index in [1.165, 1.54) is 36.1 Å². The second kappa shape index (κ2) is 6.95. The Morgan fingerprint density at radius 2 is 2.11 bits per heavy atom. The largest absolute Gasteiger partial charge is 0.381 e. The lowest BCUT2D eigenvalue weighted by molar-refractivity contribution is -0.115. The Hall–Kier alpha value is -0.810. The summed E-state index contributed by atoms with van der Waals surface area (Å²) in [6.07, 6.45) is 2.42. The van der Waals surface area contributed by atoms with Crippen LogP contribution < -0.4 is 11.1 Å². The highest BCUT2D eigenvalue weighted by molar-refractivity contribution is 8.00. The molecule has 1 aliphatic heterocycles. The van der Waals surface area contributed by atoms with Crippen molar-refractivity contribution in [1.29, 1.82) is 0 Å². The van der Waals surface area contributed by atoms with Gasteiger partial charge in [0.15, 0.2) is 0 Å². The zero-order valence-corrected chi connectivity index (χ0v) is 11.9. The molecule has 1 aromatic rings. The van der Waals surface area contributed by atoms with Crippen LogP contribution in [0.1, 0.15) is 12.8 Å². The fraction of sp³-hybridized carbons (Fsp3) is 0.462. The van der Waals surface area contributed by atoms with Crippen LogP contribution in [0.4, 0.5) is 5.69 Å². The van der Waals surface area contributed by atoms with Crippen molar-refractivity contribution in [3.05, 3.63) is 24.3 Å². The van der Waals surface area contributed by atoms with Gasteiger partial charge in [-0.15, -0.1) is 11.8 Å². The number of rotatable bonds is 5. The number of benzene rings is 1. The van der Waals surface area contributed by atoms with Gasteiger partial charge in [-0.05, 0) is 36.5 Å². The van der Waals surface area contributed by atoms with E-state index in [2.05, 4.69) is 11.4 Å². The lowest BCUT2D eigenvalue weighted by atomic mass is 10.1. The van der Waals surface area contributed by atoms with Gasteiger partial charge in [-0.3, -0.25) is 4.79 Å². The summed E-state index contributed by atoms with van der Waals surface area (Å²) in [4.78, 5) is 12.0. The van der Waals surface area contributed by atoms with Crippen LogP contribution in [0.15, 0.2) is 29.2 Å². The molecule has 0 saturated carbocycles. The van der Waals surface area contributed by atoms with E-state index in [4.69, 9.17) is 5.73 Å². The van der Waals surface area contributed by atoms with E-state index in [0.29, 0.717) is 11.8 Å². The summed E-state index contributed by atoms with van der Waals surface area (Å²) < 4.78 is 0. The van der Waals surface area contributed by atoms with Gasteiger partial charge in [0.25, 0.3) is 0 Å². The molecule has 0 unspecified atom stereocenters. The zero-order chi connectivity index (χ0) is 12.8. The molecule has 1 saturated heterocycles. The van der Waals surface area contributed by atoms with E-state index >= 15 is 0 Å². The third-order valence-corrected chi connectivity index (χ3v) is 4.98. The predicted octanol–water partition coefficient (Wildman–Crippen LogP) is 2.57. The number of thioether (sulfide) groups is 2. The van der Waals surface area contributed by atoms with Gasteiger partial charge >= 0.3 is 0 Å².